The first-order chi connectivity index (χ1) is 12.6. The van der Waals surface area contributed by atoms with Crippen LogP contribution in [0.1, 0.15) is 57.7 Å². The molecule has 2 rings (SSSR count). The van der Waals surface area contributed by atoms with Crippen molar-refractivity contribution >= 4 is 12.0 Å². The summed E-state index contributed by atoms with van der Waals surface area (Å²) in [6.45, 7) is 11.1. The minimum absolute atomic E-state index is 0.0550. The van der Waals surface area contributed by atoms with E-state index in [9.17, 15) is 9.59 Å². The van der Waals surface area contributed by atoms with Gasteiger partial charge in [-0.2, -0.15) is 0 Å². The lowest BCUT2D eigenvalue weighted by atomic mass is 9.81. The quantitative estimate of drug-likeness (QED) is 0.683. The second kappa shape index (κ2) is 8.74. The molecule has 0 bridgehead atoms. The Morgan fingerprint density at radius 2 is 1.89 bits per heavy atom. The molecule has 1 fully saturated rings. The van der Waals surface area contributed by atoms with Gasteiger partial charge in [0.15, 0.2) is 0 Å². The summed E-state index contributed by atoms with van der Waals surface area (Å²) in [5, 5.41) is 15.2. The number of likely N-dealkylation sites (N-methyl/N-ethyl adjacent to an activating group) is 1. The van der Waals surface area contributed by atoms with Gasteiger partial charge in [0.2, 0.25) is 0 Å². The molecule has 0 saturated heterocycles. The number of carboxylic acid groups (broad SMARTS) is 1. The second-order valence-corrected chi connectivity index (χ2v) is 8.55. The van der Waals surface area contributed by atoms with Gasteiger partial charge in [-0.15, -0.1) is 0 Å². The zero-order chi connectivity index (χ0) is 20.2. The van der Waals surface area contributed by atoms with Crippen LogP contribution in [0, 0.1) is 12.3 Å². The van der Waals surface area contributed by atoms with Gasteiger partial charge < -0.3 is 15.7 Å². The average Bonchev–Trinajstić information content (AvgIpc) is 2.53. The highest BCUT2D eigenvalue weighted by Crippen LogP contribution is 2.34. The van der Waals surface area contributed by atoms with Crippen LogP contribution in [0.4, 0.5) is 4.79 Å². The SMILES string of the molecule is CCN(CC(=O)O)C1CC(NC(=O)NC(c2ccccc2C)C(C)(C)C)C1. The van der Waals surface area contributed by atoms with Crippen molar-refractivity contribution in [3.8, 4) is 0 Å². The summed E-state index contributed by atoms with van der Waals surface area (Å²) in [6.07, 6.45) is 1.58. The van der Waals surface area contributed by atoms with Gasteiger partial charge in [0, 0.05) is 12.1 Å². The van der Waals surface area contributed by atoms with Crippen molar-refractivity contribution in [1.29, 1.82) is 0 Å². The molecule has 0 heterocycles. The van der Waals surface area contributed by atoms with E-state index >= 15 is 0 Å². The van der Waals surface area contributed by atoms with Gasteiger partial charge in [-0.3, -0.25) is 9.69 Å². The Balaban J connectivity index is 1.93. The fourth-order valence-electron chi connectivity index (χ4n) is 3.71. The predicted octanol–water partition coefficient (Wildman–Crippen LogP) is 3.32. The molecule has 1 atom stereocenters. The molecule has 6 heteroatoms. The third-order valence-electron chi connectivity index (χ3n) is 5.35. The van der Waals surface area contributed by atoms with Crippen molar-refractivity contribution < 1.29 is 14.7 Å². The molecule has 1 aromatic carbocycles. The number of aliphatic carboxylic acids is 1. The van der Waals surface area contributed by atoms with Crippen LogP contribution in [0.25, 0.3) is 0 Å². The van der Waals surface area contributed by atoms with Gasteiger partial charge in [0.25, 0.3) is 0 Å². The molecular formula is C21H33N3O3. The molecule has 0 radical (unpaired) electrons. The molecule has 150 valence electrons. The van der Waals surface area contributed by atoms with Crippen LogP contribution in [0.3, 0.4) is 0 Å². The van der Waals surface area contributed by atoms with E-state index in [2.05, 4.69) is 50.5 Å². The molecule has 1 unspecified atom stereocenters. The number of aryl methyl sites for hydroxylation is 1. The number of urea groups is 1. The third kappa shape index (κ3) is 5.70. The Hall–Kier alpha value is -2.08. The monoisotopic (exact) mass is 375 g/mol. The smallest absolute Gasteiger partial charge is 0.317 e. The van der Waals surface area contributed by atoms with E-state index in [4.69, 9.17) is 5.11 Å². The minimum atomic E-state index is -0.808. The zero-order valence-corrected chi connectivity index (χ0v) is 17.1. The molecule has 0 aromatic heterocycles. The summed E-state index contributed by atoms with van der Waals surface area (Å²) < 4.78 is 0. The predicted molar refractivity (Wildman–Crippen MR) is 107 cm³/mol. The highest BCUT2D eigenvalue weighted by atomic mass is 16.4. The van der Waals surface area contributed by atoms with Gasteiger partial charge in [0.1, 0.15) is 0 Å². The second-order valence-electron chi connectivity index (χ2n) is 8.55. The van der Waals surface area contributed by atoms with E-state index < -0.39 is 5.97 Å². The van der Waals surface area contributed by atoms with Crippen LogP contribution in [0.2, 0.25) is 0 Å². The molecule has 0 aliphatic heterocycles. The van der Waals surface area contributed by atoms with Gasteiger partial charge in [-0.05, 0) is 42.9 Å². The fraction of sp³-hybridized carbons (Fsp3) is 0.619. The molecule has 27 heavy (non-hydrogen) atoms. The number of hydrogen-bond acceptors (Lipinski definition) is 3. The Morgan fingerprint density at radius 1 is 1.26 bits per heavy atom. The van der Waals surface area contributed by atoms with Gasteiger partial charge in [-0.25, -0.2) is 4.79 Å². The first kappa shape index (κ1) is 21.2. The first-order valence-corrected chi connectivity index (χ1v) is 9.70. The van der Waals surface area contributed by atoms with Crippen molar-refractivity contribution in [2.75, 3.05) is 13.1 Å². The van der Waals surface area contributed by atoms with E-state index in [-0.39, 0.29) is 36.1 Å². The van der Waals surface area contributed by atoms with E-state index in [1.54, 1.807) is 0 Å². The largest absolute Gasteiger partial charge is 0.480 e. The van der Waals surface area contributed by atoms with E-state index in [0.717, 1.165) is 24.0 Å². The molecule has 6 nitrogen and oxygen atoms in total. The lowest BCUT2D eigenvalue weighted by Crippen LogP contribution is -2.57. The van der Waals surface area contributed by atoms with Gasteiger partial charge in [0.05, 0.1) is 12.6 Å². The summed E-state index contributed by atoms with van der Waals surface area (Å²) in [6, 6.07) is 8.20. The maximum atomic E-state index is 12.6. The minimum Gasteiger partial charge on any atom is -0.480 e. The molecular weight excluding hydrogens is 342 g/mol. The average molecular weight is 376 g/mol. The molecule has 1 aliphatic carbocycles. The lowest BCUT2D eigenvalue weighted by molar-refractivity contribution is -0.139. The number of rotatable bonds is 7. The first-order valence-electron chi connectivity index (χ1n) is 9.70. The number of nitrogens with zero attached hydrogens (tertiary/aromatic N) is 1. The van der Waals surface area contributed by atoms with Crippen LogP contribution in [0.5, 0.6) is 0 Å². The number of benzene rings is 1. The van der Waals surface area contributed by atoms with Crippen LogP contribution in [0.15, 0.2) is 24.3 Å². The molecule has 0 spiro atoms. The molecule has 1 aromatic rings. The molecule has 1 aliphatic rings. The van der Waals surface area contributed by atoms with Crippen molar-refractivity contribution in [1.82, 2.24) is 15.5 Å². The number of nitrogens with one attached hydrogen (secondary N) is 2. The zero-order valence-electron chi connectivity index (χ0n) is 17.1. The summed E-state index contributed by atoms with van der Waals surface area (Å²) in [5.74, 6) is -0.808. The van der Waals surface area contributed by atoms with Crippen LogP contribution >= 0.6 is 0 Å². The highest BCUT2D eigenvalue weighted by Gasteiger charge is 2.36. The Morgan fingerprint density at radius 3 is 2.41 bits per heavy atom. The maximum absolute atomic E-state index is 12.6. The summed E-state index contributed by atoms with van der Waals surface area (Å²) in [4.78, 5) is 25.5. The topological polar surface area (TPSA) is 81.7 Å². The van der Waals surface area contributed by atoms with Crippen LogP contribution in [-0.2, 0) is 4.79 Å². The number of amides is 2. The normalized spacial score (nSPS) is 20.7. The molecule has 2 amide bonds. The van der Waals surface area contributed by atoms with Crippen LogP contribution < -0.4 is 10.6 Å². The Kier molecular flexibility index (Phi) is 6.87. The summed E-state index contributed by atoms with van der Waals surface area (Å²) in [5.41, 5.74) is 2.17. The fourth-order valence-corrected chi connectivity index (χ4v) is 3.71. The standard InChI is InChI=1S/C21H33N3O3/c1-6-24(13-18(25)26)16-11-15(12-16)22-20(27)23-19(21(3,4)5)17-10-8-7-9-14(17)2/h7-10,15-16,19H,6,11-13H2,1-5H3,(H,25,26)(H2,22,23,27). The maximum Gasteiger partial charge on any atom is 0.317 e. The lowest BCUT2D eigenvalue weighted by Gasteiger charge is -2.42. The van der Waals surface area contributed by atoms with E-state index in [1.165, 1.54) is 0 Å². The Labute approximate surface area is 162 Å². The van der Waals surface area contributed by atoms with Crippen LogP contribution in [-0.4, -0.2) is 47.2 Å². The number of hydrogen-bond donors (Lipinski definition) is 3. The highest BCUT2D eigenvalue weighted by molar-refractivity contribution is 5.75. The summed E-state index contributed by atoms with van der Waals surface area (Å²) >= 11 is 0. The summed E-state index contributed by atoms with van der Waals surface area (Å²) in [7, 11) is 0. The van der Waals surface area contributed by atoms with Crippen molar-refractivity contribution in [2.45, 2.75) is 65.6 Å². The Bertz CT molecular complexity index is 663. The number of carbonyl (C=O) groups is 2. The number of carboxylic acids is 1. The van der Waals surface area contributed by atoms with Gasteiger partial charge in [-0.1, -0.05) is 52.0 Å². The van der Waals surface area contributed by atoms with E-state index in [1.807, 2.05) is 24.0 Å². The molecule has 3 N–H and O–H groups in total. The molecule has 1 saturated carbocycles. The van der Waals surface area contributed by atoms with Gasteiger partial charge >= 0.3 is 12.0 Å². The van der Waals surface area contributed by atoms with Crippen molar-refractivity contribution in [3.05, 3.63) is 35.4 Å². The van der Waals surface area contributed by atoms with Crippen molar-refractivity contribution in [2.24, 2.45) is 5.41 Å². The van der Waals surface area contributed by atoms with Crippen molar-refractivity contribution in [3.63, 3.8) is 0 Å². The number of carbonyl (C=O) groups excluding carboxylic acids is 1. The third-order valence-corrected chi connectivity index (χ3v) is 5.35. The van der Waals surface area contributed by atoms with E-state index in [0.29, 0.717) is 6.54 Å².